The first-order valence-electron chi connectivity index (χ1n) is 6.33. The molecule has 1 aromatic heterocycles. The molecule has 106 valence electrons. The SMILES string of the molecule is CCc1nc(NC)c(C)c(Nc2c(Br)cccc2Br)n1. The van der Waals surface area contributed by atoms with Gasteiger partial charge in [-0.05, 0) is 50.9 Å². The van der Waals surface area contributed by atoms with Crippen molar-refractivity contribution in [2.75, 3.05) is 17.7 Å². The van der Waals surface area contributed by atoms with Gasteiger partial charge >= 0.3 is 0 Å². The summed E-state index contributed by atoms with van der Waals surface area (Å²) < 4.78 is 1.96. The fourth-order valence-electron chi connectivity index (χ4n) is 1.82. The van der Waals surface area contributed by atoms with Crippen LogP contribution >= 0.6 is 31.9 Å². The van der Waals surface area contributed by atoms with Gasteiger partial charge in [0.15, 0.2) is 0 Å². The molecule has 0 bridgehead atoms. The molecule has 0 fully saturated rings. The predicted molar refractivity (Wildman–Crippen MR) is 90.8 cm³/mol. The van der Waals surface area contributed by atoms with Crippen molar-refractivity contribution < 1.29 is 0 Å². The molecule has 0 unspecified atom stereocenters. The Labute approximate surface area is 135 Å². The summed E-state index contributed by atoms with van der Waals surface area (Å²) in [7, 11) is 1.87. The van der Waals surface area contributed by atoms with Crippen molar-refractivity contribution in [2.45, 2.75) is 20.3 Å². The van der Waals surface area contributed by atoms with Crippen molar-refractivity contribution in [3.63, 3.8) is 0 Å². The molecule has 0 aliphatic rings. The fraction of sp³-hybridized carbons (Fsp3) is 0.286. The van der Waals surface area contributed by atoms with E-state index in [1.807, 2.05) is 39.1 Å². The number of halogens is 2. The monoisotopic (exact) mass is 398 g/mol. The van der Waals surface area contributed by atoms with E-state index in [2.05, 4.69) is 52.5 Å². The number of aromatic nitrogens is 2. The molecule has 0 amide bonds. The van der Waals surface area contributed by atoms with Gasteiger partial charge in [-0.25, -0.2) is 9.97 Å². The second-order valence-corrected chi connectivity index (χ2v) is 6.00. The fourth-order valence-corrected chi connectivity index (χ4v) is 3.02. The zero-order valence-electron chi connectivity index (χ0n) is 11.6. The second-order valence-electron chi connectivity index (χ2n) is 4.29. The van der Waals surface area contributed by atoms with Crippen LogP contribution in [0.25, 0.3) is 0 Å². The molecule has 1 aromatic carbocycles. The van der Waals surface area contributed by atoms with E-state index in [4.69, 9.17) is 0 Å². The molecule has 4 nitrogen and oxygen atoms in total. The highest BCUT2D eigenvalue weighted by Gasteiger charge is 2.12. The highest BCUT2D eigenvalue weighted by atomic mass is 79.9. The van der Waals surface area contributed by atoms with E-state index in [1.54, 1.807) is 0 Å². The summed E-state index contributed by atoms with van der Waals surface area (Å²) in [5, 5.41) is 6.48. The van der Waals surface area contributed by atoms with E-state index >= 15 is 0 Å². The lowest BCUT2D eigenvalue weighted by atomic mass is 10.2. The Kier molecular flexibility index (Phi) is 4.99. The van der Waals surface area contributed by atoms with Crippen molar-refractivity contribution in [1.82, 2.24) is 9.97 Å². The van der Waals surface area contributed by atoms with Gasteiger partial charge in [0.25, 0.3) is 0 Å². The summed E-state index contributed by atoms with van der Waals surface area (Å²) in [6.45, 7) is 4.04. The van der Waals surface area contributed by atoms with Crippen LogP contribution in [0.15, 0.2) is 27.1 Å². The van der Waals surface area contributed by atoms with Crippen molar-refractivity contribution in [3.05, 3.63) is 38.5 Å². The number of nitrogens with one attached hydrogen (secondary N) is 2. The van der Waals surface area contributed by atoms with E-state index in [0.717, 1.165) is 44.1 Å². The number of nitrogens with zero attached hydrogens (tertiary/aromatic N) is 2. The number of aryl methyl sites for hydroxylation is 1. The van der Waals surface area contributed by atoms with Crippen LogP contribution in [0.4, 0.5) is 17.3 Å². The number of para-hydroxylation sites is 1. The Morgan fingerprint density at radius 3 is 2.25 bits per heavy atom. The average Bonchev–Trinajstić information content (AvgIpc) is 2.44. The van der Waals surface area contributed by atoms with Gasteiger partial charge in [-0.3, -0.25) is 0 Å². The van der Waals surface area contributed by atoms with Crippen LogP contribution in [0, 0.1) is 6.92 Å². The first-order chi connectivity index (χ1) is 9.56. The van der Waals surface area contributed by atoms with Gasteiger partial charge in [-0.1, -0.05) is 13.0 Å². The minimum atomic E-state index is 0.792. The number of anilines is 3. The van der Waals surface area contributed by atoms with Crippen molar-refractivity contribution in [2.24, 2.45) is 0 Å². The summed E-state index contributed by atoms with van der Waals surface area (Å²) in [4.78, 5) is 9.04. The van der Waals surface area contributed by atoms with E-state index in [-0.39, 0.29) is 0 Å². The zero-order chi connectivity index (χ0) is 14.7. The smallest absolute Gasteiger partial charge is 0.139 e. The number of hydrogen-bond donors (Lipinski definition) is 2. The zero-order valence-corrected chi connectivity index (χ0v) is 14.8. The number of benzene rings is 1. The van der Waals surface area contributed by atoms with Gasteiger partial charge in [0.2, 0.25) is 0 Å². The molecule has 0 aliphatic heterocycles. The van der Waals surface area contributed by atoms with Gasteiger partial charge in [0, 0.05) is 28.0 Å². The Hall–Kier alpha value is -1.14. The molecule has 1 heterocycles. The lowest BCUT2D eigenvalue weighted by Gasteiger charge is -2.15. The Morgan fingerprint density at radius 1 is 1.10 bits per heavy atom. The Morgan fingerprint density at radius 2 is 1.70 bits per heavy atom. The second kappa shape index (κ2) is 6.54. The lowest BCUT2D eigenvalue weighted by molar-refractivity contribution is 0.935. The van der Waals surface area contributed by atoms with Crippen LogP contribution in [0.3, 0.4) is 0 Å². The van der Waals surface area contributed by atoms with Crippen LogP contribution in [0.5, 0.6) is 0 Å². The minimum Gasteiger partial charge on any atom is -0.373 e. The molecule has 0 atom stereocenters. The van der Waals surface area contributed by atoms with Gasteiger partial charge in [-0.2, -0.15) is 0 Å². The molecule has 2 rings (SSSR count). The van der Waals surface area contributed by atoms with Crippen molar-refractivity contribution in [3.8, 4) is 0 Å². The Balaban J connectivity index is 2.48. The maximum Gasteiger partial charge on any atom is 0.139 e. The normalized spacial score (nSPS) is 10.4. The van der Waals surface area contributed by atoms with Gasteiger partial charge in [0.05, 0.1) is 5.69 Å². The molecule has 0 aliphatic carbocycles. The third-order valence-electron chi connectivity index (χ3n) is 2.95. The molecule has 0 spiro atoms. The summed E-state index contributed by atoms with van der Waals surface area (Å²) in [6.07, 6.45) is 0.792. The summed E-state index contributed by atoms with van der Waals surface area (Å²) in [6, 6.07) is 5.95. The molecule has 2 N–H and O–H groups in total. The van der Waals surface area contributed by atoms with E-state index in [0.29, 0.717) is 0 Å². The number of hydrogen-bond acceptors (Lipinski definition) is 4. The topological polar surface area (TPSA) is 49.8 Å². The molecule has 0 saturated carbocycles. The molecule has 2 aromatic rings. The average molecular weight is 400 g/mol. The number of rotatable bonds is 4. The standard InChI is InChI=1S/C14H16Br2N4/c1-4-11-18-13(17-3)8(2)14(19-11)20-12-9(15)6-5-7-10(12)16/h5-7H,4H2,1-3H3,(H2,17,18,19,20). The van der Waals surface area contributed by atoms with Crippen LogP contribution in [0.1, 0.15) is 18.3 Å². The quantitative estimate of drug-likeness (QED) is 0.784. The van der Waals surface area contributed by atoms with E-state index in [9.17, 15) is 0 Å². The van der Waals surface area contributed by atoms with Crippen molar-refractivity contribution in [1.29, 1.82) is 0 Å². The molecular formula is C14H16Br2N4. The van der Waals surface area contributed by atoms with Crippen LogP contribution in [-0.4, -0.2) is 17.0 Å². The van der Waals surface area contributed by atoms with E-state index < -0.39 is 0 Å². The largest absolute Gasteiger partial charge is 0.373 e. The Bertz CT molecular complexity index is 609. The first kappa shape index (κ1) is 15.3. The third-order valence-corrected chi connectivity index (χ3v) is 4.27. The predicted octanol–water partition coefficient (Wildman–Crippen LogP) is 4.66. The van der Waals surface area contributed by atoms with Gasteiger partial charge in [-0.15, -0.1) is 0 Å². The minimum absolute atomic E-state index is 0.792. The molecule has 6 heteroatoms. The van der Waals surface area contributed by atoms with Crippen LogP contribution < -0.4 is 10.6 Å². The third kappa shape index (κ3) is 3.12. The summed E-state index contributed by atoms with van der Waals surface area (Å²) in [5.74, 6) is 2.47. The maximum atomic E-state index is 4.57. The van der Waals surface area contributed by atoms with Crippen molar-refractivity contribution >= 4 is 49.2 Å². The first-order valence-corrected chi connectivity index (χ1v) is 7.91. The van der Waals surface area contributed by atoms with Crippen LogP contribution in [-0.2, 0) is 6.42 Å². The van der Waals surface area contributed by atoms with Crippen LogP contribution in [0.2, 0.25) is 0 Å². The van der Waals surface area contributed by atoms with E-state index in [1.165, 1.54) is 0 Å². The van der Waals surface area contributed by atoms with Gasteiger partial charge < -0.3 is 10.6 Å². The van der Waals surface area contributed by atoms with Gasteiger partial charge in [0.1, 0.15) is 17.5 Å². The highest BCUT2D eigenvalue weighted by molar-refractivity contribution is 9.11. The maximum absolute atomic E-state index is 4.57. The molecule has 0 saturated heterocycles. The summed E-state index contributed by atoms with van der Waals surface area (Å²) in [5.41, 5.74) is 1.95. The summed E-state index contributed by atoms with van der Waals surface area (Å²) >= 11 is 7.10. The molecular weight excluding hydrogens is 384 g/mol. The molecule has 0 radical (unpaired) electrons. The molecule has 20 heavy (non-hydrogen) atoms. The lowest BCUT2D eigenvalue weighted by Crippen LogP contribution is -2.07. The highest BCUT2D eigenvalue weighted by Crippen LogP contribution is 2.34.